The lowest BCUT2D eigenvalue weighted by atomic mass is 10.1. The van der Waals surface area contributed by atoms with Crippen LogP contribution in [-0.2, 0) is 6.42 Å². The van der Waals surface area contributed by atoms with Crippen molar-refractivity contribution in [3.8, 4) is 0 Å². The van der Waals surface area contributed by atoms with Gasteiger partial charge < -0.3 is 11.1 Å². The topological polar surface area (TPSA) is 72.4 Å². The Labute approximate surface area is 130 Å². The lowest BCUT2D eigenvalue weighted by Crippen LogP contribution is -2.22. The molecule has 0 unspecified atom stereocenters. The molecule has 0 atom stereocenters. The molecular formula is C17H22N4O. The van der Waals surface area contributed by atoms with Gasteiger partial charge in [0.1, 0.15) is 0 Å². The number of nitrogens with zero attached hydrogens (tertiary/aromatic N) is 2. The van der Waals surface area contributed by atoms with Crippen molar-refractivity contribution in [2.45, 2.75) is 13.3 Å². The number of aliphatic imine (C=N–C) groups is 1. The minimum absolute atomic E-state index is 0.0156. The molecule has 0 spiro atoms. The number of hydrogen-bond acceptors (Lipinski definition) is 4. The summed E-state index contributed by atoms with van der Waals surface area (Å²) in [6.07, 6.45) is 7.86. The number of pyridine rings is 1. The van der Waals surface area contributed by atoms with Crippen LogP contribution in [0.25, 0.3) is 5.70 Å². The first-order valence-electron chi connectivity index (χ1n) is 7.26. The summed E-state index contributed by atoms with van der Waals surface area (Å²) in [5.41, 5.74) is 9.79. The number of anilines is 1. The Morgan fingerprint density at radius 3 is 3.05 bits per heavy atom. The highest BCUT2D eigenvalue weighted by Crippen LogP contribution is 2.21. The van der Waals surface area contributed by atoms with Gasteiger partial charge in [-0.05, 0) is 31.1 Å². The van der Waals surface area contributed by atoms with Crippen molar-refractivity contribution < 1.29 is 0 Å². The minimum atomic E-state index is -0.0156. The predicted molar refractivity (Wildman–Crippen MR) is 93.5 cm³/mol. The van der Waals surface area contributed by atoms with Crippen LogP contribution in [0.4, 0.5) is 5.69 Å². The monoisotopic (exact) mass is 298 g/mol. The maximum absolute atomic E-state index is 12.7. The SMILES string of the molecule is C=C(/C=C(\C)CN)/C(=C\C=NC)n1ccc2c(c1=O)CCN2. The van der Waals surface area contributed by atoms with Crippen LogP contribution in [-0.4, -0.2) is 30.9 Å². The zero-order chi connectivity index (χ0) is 16.1. The van der Waals surface area contributed by atoms with Gasteiger partial charge in [0.15, 0.2) is 0 Å². The summed E-state index contributed by atoms with van der Waals surface area (Å²) in [5, 5.41) is 3.21. The molecule has 2 rings (SSSR count). The third kappa shape index (κ3) is 3.26. The maximum Gasteiger partial charge on any atom is 0.260 e. The second-order valence-corrected chi connectivity index (χ2v) is 5.24. The summed E-state index contributed by atoms with van der Waals surface area (Å²) in [6, 6.07) is 1.92. The fourth-order valence-electron chi connectivity index (χ4n) is 2.41. The van der Waals surface area contributed by atoms with Gasteiger partial charge in [0.05, 0.1) is 5.70 Å². The average Bonchev–Trinajstić information content (AvgIpc) is 2.98. The Balaban J connectivity index is 2.52. The van der Waals surface area contributed by atoms with Crippen LogP contribution in [0.5, 0.6) is 0 Å². The Bertz CT molecular complexity index is 723. The molecule has 0 aromatic carbocycles. The largest absolute Gasteiger partial charge is 0.384 e. The Kier molecular flexibility index (Phi) is 5.12. The molecule has 0 saturated carbocycles. The summed E-state index contributed by atoms with van der Waals surface area (Å²) in [6.45, 7) is 7.26. The van der Waals surface area contributed by atoms with E-state index >= 15 is 0 Å². The van der Waals surface area contributed by atoms with Crippen LogP contribution in [0.2, 0.25) is 0 Å². The third-order valence-corrected chi connectivity index (χ3v) is 3.60. The summed E-state index contributed by atoms with van der Waals surface area (Å²) in [4.78, 5) is 16.6. The first kappa shape index (κ1) is 16.0. The quantitative estimate of drug-likeness (QED) is 0.643. The Morgan fingerprint density at radius 2 is 2.36 bits per heavy atom. The Morgan fingerprint density at radius 1 is 1.59 bits per heavy atom. The van der Waals surface area contributed by atoms with Gasteiger partial charge >= 0.3 is 0 Å². The summed E-state index contributed by atoms with van der Waals surface area (Å²) in [7, 11) is 1.69. The van der Waals surface area contributed by atoms with E-state index in [4.69, 9.17) is 5.73 Å². The van der Waals surface area contributed by atoms with Gasteiger partial charge in [-0.2, -0.15) is 0 Å². The van der Waals surface area contributed by atoms with Crippen LogP contribution >= 0.6 is 0 Å². The maximum atomic E-state index is 12.7. The van der Waals surface area contributed by atoms with E-state index in [0.29, 0.717) is 12.2 Å². The average molecular weight is 298 g/mol. The molecule has 0 saturated heterocycles. The number of aromatic nitrogens is 1. The highest BCUT2D eigenvalue weighted by atomic mass is 16.1. The van der Waals surface area contributed by atoms with Gasteiger partial charge in [-0.1, -0.05) is 18.2 Å². The summed E-state index contributed by atoms with van der Waals surface area (Å²) in [5.74, 6) is 0. The van der Waals surface area contributed by atoms with Crippen LogP contribution in [0.1, 0.15) is 12.5 Å². The molecule has 22 heavy (non-hydrogen) atoms. The number of nitrogens with two attached hydrogens (primary N) is 1. The number of nitrogens with one attached hydrogen (secondary N) is 1. The second kappa shape index (κ2) is 7.04. The third-order valence-electron chi connectivity index (χ3n) is 3.60. The lowest BCUT2D eigenvalue weighted by Gasteiger charge is -2.13. The molecule has 116 valence electrons. The van der Waals surface area contributed by atoms with Crippen molar-refractivity contribution in [1.82, 2.24) is 4.57 Å². The van der Waals surface area contributed by atoms with Gasteiger partial charge in [0.2, 0.25) is 0 Å². The molecule has 5 nitrogen and oxygen atoms in total. The molecule has 0 radical (unpaired) electrons. The fraction of sp³-hybridized carbons (Fsp3) is 0.294. The van der Waals surface area contributed by atoms with Gasteiger partial charge in [-0.25, -0.2) is 0 Å². The summed E-state index contributed by atoms with van der Waals surface area (Å²) < 4.78 is 1.62. The predicted octanol–water partition coefficient (Wildman–Crippen LogP) is 1.82. The zero-order valence-electron chi connectivity index (χ0n) is 13.1. The molecule has 2 heterocycles. The van der Waals surface area contributed by atoms with Crippen molar-refractivity contribution >= 4 is 17.6 Å². The van der Waals surface area contributed by atoms with Crippen molar-refractivity contribution in [2.75, 3.05) is 25.5 Å². The molecular weight excluding hydrogens is 276 g/mol. The molecule has 1 aliphatic rings. The first-order chi connectivity index (χ1) is 10.6. The van der Waals surface area contributed by atoms with Gasteiger partial charge in [-0.3, -0.25) is 14.4 Å². The molecule has 5 heteroatoms. The van der Waals surface area contributed by atoms with E-state index in [-0.39, 0.29) is 5.56 Å². The van der Waals surface area contributed by atoms with Crippen LogP contribution in [0, 0.1) is 0 Å². The number of hydrogen-bond donors (Lipinski definition) is 2. The molecule has 0 amide bonds. The zero-order valence-corrected chi connectivity index (χ0v) is 13.1. The highest BCUT2D eigenvalue weighted by Gasteiger charge is 2.17. The molecule has 1 aromatic rings. The van der Waals surface area contributed by atoms with Crippen molar-refractivity contribution in [1.29, 1.82) is 0 Å². The summed E-state index contributed by atoms with van der Waals surface area (Å²) >= 11 is 0. The lowest BCUT2D eigenvalue weighted by molar-refractivity contribution is 0.975. The molecule has 0 fully saturated rings. The van der Waals surface area contributed by atoms with Gasteiger partial charge in [0.25, 0.3) is 5.56 Å². The molecule has 0 aliphatic carbocycles. The van der Waals surface area contributed by atoms with Gasteiger partial charge in [-0.15, -0.1) is 0 Å². The van der Waals surface area contributed by atoms with E-state index in [1.54, 1.807) is 30.1 Å². The van der Waals surface area contributed by atoms with Crippen molar-refractivity contribution in [3.05, 3.63) is 58.1 Å². The van der Waals surface area contributed by atoms with E-state index in [2.05, 4.69) is 16.9 Å². The smallest absolute Gasteiger partial charge is 0.260 e. The Hall–Kier alpha value is -2.40. The molecule has 3 N–H and O–H groups in total. The number of fused-ring (bicyclic) bond motifs is 1. The van der Waals surface area contributed by atoms with Gasteiger partial charge in [0, 0.05) is 43.8 Å². The van der Waals surface area contributed by atoms with Crippen molar-refractivity contribution in [3.63, 3.8) is 0 Å². The highest BCUT2D eigenvalue weighted by molar-refractivity contribution is 5.85. The molecule has 0 bridgehead atoms. The van der Waals surface area contributed by atoms with E-state index in [9.17, 15) is 4.79 Å². The van der Waals surface area contributed by atoms with E-state index in [1.165, 1.54) is 0 Å². The first-order valence-corrected chi connectivity index (χ1v) is 7.26. The fourth-order valence-corrected chi connectivity index (χ4v) is 2.41. The number of rotatable bonds is 5. The van der Waals surface area contributed by atoms with E-state index < -0.39 is 0 Å². The van der Waals surface area contributed by atoms with E-state index in [1.807, 2.05) is 19.1 Å². The minimum Gasteiger partial charge on any atom is -0.384 e. The van der Waals surface area contributed by atoms with Crippen molar-refractivity contribution in [2.24, 2.45) is 10.7 Å². The number of allylic oxidation sites excluding steroid dienone is 4. The van der Waals surface area contributed by atoms with Crippen LogP contribution in [0.3, 0.4) is 0 Å². The molecule has 1 aromatic heterocycles. The normalized spacial score (nSPS) is 15.0. The molecule has 1 aliphatic heterocycles. The standard InChI is InChI=1S/C17H22N4O/c1-12(11-18)10-13(2)16(5-7-19-3)21-9-6-15-14(17(21)22)4-8-20-15/h5-7,9-10,20H,2,4,8,11,18H2,1,3H3/b12-10+,16-5+,19-7?. The second-order valence-electron chi connectivity index (χ2n) is 5.24. The van der Waals surface area contributed by atoms with Crippen LogP contribution in [0.15, 0.2) is 51.9 Å². The van der Waals surface area contributed by atoms with E-state index in [0.717, 1.165) is 35.4 Å². The van der Waals surface area contributed by atoms with Crippen LogP contribution < -0.4 is 16.6 Å².